The Bertz CT molecular complexity index is 526. The molecule has 0 spiro atoms. The van der Waals surface area contributed by atoms with Gasteiger partial charge in [0.05, 0.1) is 5.52 Å². The Balaban J connectivity index is 2.25. The first-order chi connectivity index (χ1) is 8.70. The van der Waals surface area contributed by atoms with Crippen LogP contribution in [0.2, 0.25) is 0 Å². The van der Waals surface area contributed by atoms with Gasteiger partial charge in [0.1, 0.15) is 5.82 Å². The van der Waals surface area contributed by atoms with Gasteiger partial charge in [0.25, 0.3) is 0 Å². The molecule has 0 unspecified atom stereocenters. The van der Waals surface area contributed by atoms with E-state index in [0.29, 0.717) is 5.56 Å². The summed E-state index contributed by atoms with van der Waals surface area (Å²) < 4.78 is 0. The molecule has 96 valence electrons. The number of benzene rings is 1. The lowest BCUT2D eigenvalue weighted by atomic mass is 10.1. The molecule has 0 aliphatic rings. The van der Waals surface area contributed by atoms with Gasteiger partial charge in [-0.2, -0.15) is 0 Å². The van der Waals surface area contributed by atoms with Crippen LogP contribution >= 0.6 is 0 Å². The molecule has 0 amide bonds. The van der Waals surface area contributed by atoms with Gasteiger partial charge in [0, 0.05) is 23.6 Å². The van der Waals surface area contributed by atoms with Crippen LogP contribution in [0.4, 0.5) is 0 Å². The van der Waals surface area contributed by atoms with Gasteiger partial charge < -0.3 is 10.2 Å². The molecule has 0 radical (unpaired) electrons. The fourth-order valence-electron chi connectivity index (χ4n) is 1.89. The van der Waals surface area contributed by atoms with E-state index < -0.39 is 6.29 Å². The number of aromatic nitrogens is 2. The maximum atomic E-state index is 9.14. The fraction of sp³-hybridized carbons (Fsp3) is 0.429. The number of aliphatic hydroxyl groups excluding tert-OH is 1. The molecule has 2 aromatic rings. The summed E-state index contributed by atoms with van der Waals surface area (Å²) in [7, 11) is 0. The average molecular weight is 246 g/mol. The third-order valence-corrected chi connectivity index (χ3v) is 2.96. The van der Waals surface area contributed by atoms with Gasteiger partial charge in [-0.3, -0.25) is 0 Å². The Kier molecular flexibility index (Phi) is 4.23. The molecule has 0 saturated heterocycles. The van der Waals surface area contributed by atoms with E-state index in [1.807, 2.05) is 0 Å². The first-order valence-electron chi connectivity index (χ1n) is 6.32. The summed E-state index contributed by atoms with van der Waals surface area (Å²) in [6.07, 6.45) is 4.65. The number of aliphatic hydroxyl groups is 2. The van der Waals surface area contributed by atoms with Gasteiger partial charge >= 0.3 is 0 Å². The van der Waals surface area contributed by atoms with E-state index in [-0.39, 0.29) is 0 Å². The zero-order valence-corrected chi connectivity index (χ0v) is 10.5. The topological polar surface area (TPSA) is 66.2 Å². The largest absolute Gasteiger partial charge is 0.364 e. The van der Waals surface area contributed by atoms with Crippen LogP contribution in [0.15, 0.2) is 24.4 Å². The summed E-state index contributed by atoms with van der Waals surface area (Å²) in [5.74, 6) is 0.820. The molecule has 4 heteroatoms. The second-order valence-corrected chi connectivity index (χ2v) is 4.44. The normalized spacial score (nSPS) is 11.3. The zero-order valence-electron chi connectivity index (χ0n) is 10.5. The summed E-state index contributed by atoms with van der Waals surface area (Å²) in [5.41, 5.74) is 1.22. The third kappa shape index (κ3) is 3.03. The Morgan fingerprint density at radius 3 is 2.78 bits per heavy atom. The van der Waals surface area contributed by atoms with Gasteiger partial charge in [0.15, 0.2) is 6.29 Å². The standard InChI is InChI=1S/C14H18N2O2/c1-2-3-4-5-13-15-9-11-7-6-10(14(17)18)8-12(11)16-13/h6-9,14,17-18H,2-5H2,1H3. The first kappa shape index (κ1) is 12.9. The van der Waals surface area contributed by atoms with Crippen molar-refractivity contribution in [3.8, 4) is 0 Å². The number of hydrogen-bond acceptors (Lipinski definition) is 4. The quantitative estimate of drug-likeness (QED) is 0.627. The molecule has 4 nitrogen and oxygen atoms in total. The average Bonchev–Trinajstić information content (AvgIpc) is 2.38. The Labute approximate surface area is 106 Å². The highest BCUT2D eigenvalue weighted by Gasteiger charge is 2.05. The minimum absolute atomic E-state index is 0.459. The second-order valence-electron chi connectivity index (χ2n) is 4.44. The van der Waals surface area contributed by atoms with Gasteiger partial charge in [0.2, 0.25) is 0 Å². The Morgan fingerprint density at radius 2 is 2.06 bits per heavy atom. The molecule has 0 fully saturated rings. The van der Waals surface area contributed by atoms with Crippen molar-refractivity contribution in [2.75, 3.05) is 0 Å². The molecule has 0 atom stereocenters. The van der Waals surface area contributed by atoms with Gasteiger partial charge in [-0.1, -0.05) is 31.9 Å². The molecular weight excluding hydrogens is 228 g/mol. The van der Waals surface area contributed by atoms with Crippen LogP contribution in [0.5, 0.6) is 0 Å². The molecule has 1 heterocycles. The summed E-state index contributed by atoms with van der Waals surface area (Å²) in [6.45, 7) is 2.16. The molecule has 0 aliphatic carbocycles. The van der Waals surface area contributed by atoms with Crippen molar-refractivity contribution in [1.82, 2.24) is 9.97 Å². The van der Waals surface area contributed by atoms with Crippen molar-refractivity contribution in [3.63, 3.8) is 0 Å². The fourth-order valence-corrected chi connectivity index (χ4v) is 1.89. The summed E-state index contributed by atoms with van der Waals surface area (Å²) in [6, 6.07) is 5.18. The minimum Gasteiger partial charge on any atom is -0.364 e. The number of unbranched alkanes of at least 4 members (excludes halogenated alkanes) is 2. The van der Waals surface area contributed by atoms with Crippen LogP contribution in [0.3, 0.4) is 0 Å². The minimum atomic E-state index is -1.45. The lowest BCUT2D eigenvalue weighted by Crippen LogP contribution is -1.98. The highest BCUT2D eigenvalue weighted by Crippen LogP contribution is 2.17. The second kappa shape index (κ2) is 5.89. The Hall–Kier alpha value is -1.52. The maximum Gasteiger partial charge on any atom is 0.178 e. The monoisotopic (exact) mass is 246 g/mol. The molecule has 2 N–H and O–H groups in total. The number of hydrogen-bond donors (Lipinski definition) is 2. The molecule has 0 bridgehead atoms. The van der Waals surface area contributed by atoms with E-state index in [4.69, 9.17) is 10.2 Å². The van der Waals surface area contributed by atoms with E-state index in [1.165, 1.54) is 12.8 Å². The van der Waals surface area contributed by atoms with E-state index in [9.17, 15) is 0 Å². The molecule has 1 aromatic carbocycles. The summed E-state index contributed by atoms with van der Waals surface area (Å²) in [4.78, 5) is 8.77. The predicted molar refractivity (Wildman–Crippen MR) is 69.9 cm³/mol. The predicted octanol–water partition coefficient (Wildman–Crippen LogP) is 2.35. The summed E-state index contributed by atoms with van der Waals surface area (Å²) in [5, 5.41) is 19.2. The lowest BCUT2D eigenvalue weighted by Gasteiger charge is -2.06. The van der Waals surface area contributed by atoms with Gasteiger partial charge in [-0.05, 0) is 12.5 Å². The van der Waals surface area contributed by atoms with Gasteiger partial charge in [-0.25, -0.2) is 9.97 Å². The van der Waals surface area contributed by atoms with Gasteiger partial charge in [-0.15, -0.1) is 0 Å². The van der Waals surface area contributed by atoms with E-state index >= 15 is 0 Å². The Morgan fingerprint density at radius 1 is 1.22 bits per heavy atom. The smallest absolute Gasteiger partial charge is 0.178 e. The van der Waals surface area contributed by atoms with Crippen molar-refractivity contribution < 1.29 is 10.2 Å². The number of fused-ring (bicyclic) bond motifs is 1. The maximum absolute atomic E-state index is 9.14. The molecule has 0 saturated carbocycles. The third-order valence-electron chi connectivity index (χ3n) is 2.96. The molecule has 18 heavy (non-hydrogen) atoms. The van der Waals surface area contributed by atoms with E-state index in [2.05, 4.69) is 16.9 Å². The zero-order chi connectivity index (χ0) is 13.0. The number of nitrogens with zero attached hydrogens (tertiary/aromatic N) is 2. The van der Waals surface area contributed by atoms with Crippen LogP contribution in [-0.2, 0) is 6.42 Å². The van der Waals surface area contributed by atoms with Crippen LogP contribution in [0.25, 0.3) is 10.9 Å². The van der Waals surface area contributed by atoms with E-state index in [1.54, 1.807) is 24.4 Å². The van der Waals surface area contributed by atoms with Crippen LogP contribution in [-0.4, -0.2) is 20.2 Å². The number of rotatable bonds is 5. The summed E-state index contributed by atoms with van der Waals surface area (Å²) >= 11 is 0. The molecule has 2 rings (SSSR count). The van der Waals surface area contributed by atoms with Crippen molar-refractivity contribution in [1.29, 1.82) is 0 Å². The SMILES string of the molecule is CCCCCc1ncc2ccc(C(O)O)cc2n1. The first-order valence-corrected chi connectivity index (χ1v) is 6.32. The van der Waals surface area contributed by atoms with Crippen molar-refractivity contribution in [2.24, 2.45) is 0 Å². The van der Waals surface area contributed by atoms with Crippen molar-refractivity contribution in [3.05, 3.63) is 35.8 Å². The number of aryl methyl sites for hydroxylation is 1. The van der Waals surface area contributed by atoms with Crippen LogP contribution in [0.1, 0.15) is 43.9 Å². The van der Waals surface area contributed by atoms with Crippen LogP contribution < -0.4 is 0 Å². The van der Waals surface area contributed by atoms with Crippen molar-refractivity contribution >= 4 is 10.9 Å². The van der Waals surface area contributed by atoms with E-state index in [0.717, 1.165) is 29.6 Å². The molecular formula is C14H18N2O2. The highest BCUT2D eigenvalue weighted by molar-refractivity contribution is 5.78. The lowest BCUT2D eigenvalue weighted by molar-refractivity contribution is -0.0424. The van der Waals surface area contributed by atoms with Crippen LogP contribution in [0, 0.1) is 0 Å². The van der Waals surface area contributed by atoms with Crippen molar-refractivity contribution in [2.45, 2.75) is 38.9 Å². The molecule has 0 aliphatic heterocycles. The molecule has 1 aromatic heterocycles. The highest BCUT2D eigenvalue weighted by atomic mass is 16.5.